The van der Waals surface area contributed by atoms with Crippen molar-refractivity contribution < 1.29 is 18.9 Å². The molecule has 8 aromatic rings. The summed E-state index contributed by atoms with van der Waals surface area (Å²) in [5.74, 6) is 3.12. The number of aromatic nitrogens is 4. The van der Waals surface area contributed by atoms with Crippen molar-refractivity contribution in [3.8, 4) is 23.0 Å². The van der Waals surface area contributed by atoms with Crippen molar-refractivity contribution in [2.75, 3.05) is 65.7 Å². The second-order valence-corrected chi connectivity index (χ2v) is 13.4. The Hall–Kier alpha value is -6.36. The van der Waals surface area contributed by atoms with E-state index in [0.29, 0.717) is 52.6 Å². The van der Waals surface area contributed by atoms with Crippen molar-refractivity contribution in [2.45, 2.75) is 0 Å². The molecule has 0 aliphatic heterocycles. The summed E-state index contributed by atoms with van der Waals surface area (Å²) in [6.07, 6.45) is 7.21. The number of nitrogens with zero attached hydrogens (tertiary/aromatic N) is 6. The molecule has 0 amide bonds. The first-order valence-corrected chi connectivity index (χ1v) is 19.1. The summed E-state index contributed by atoms with van der Waals surface area (Å²) in [5.41, 5.74) is 3.45. The Balaban J connectivity index is 0.953. The minimum absolute atomic E-state index is 0.500. The van der Waals surface area contributed by atoms with Gasteiger partial charge in [-0.3, -0.25) is 29.7 Å². The molecule has 0 unspecified atom stereocenters. The summed E-state index contributed by atoms with van der Waals surface area (Å²) in [5, 5.41) is 4.21. The lowest BCUT2D eigenvalue weighted by Gasteiger charge is -2.28. The molecule has 4 aromatic heterocycles. The number of benzene rings is 4. The lowest BCUT2D eigenvalue weighted by atomic mass is 10.2. The molecule has 4 aromatic carbocycles. The van der Waals surface area contributed by atoms with Gasteiger partial charge in [-0.05, 0) is 48.5 Å². The molecule has 0 atom stereocenters. The van der Waals surface area contributed by atoms with E-state index in [2.05, 4.69) is 78.3 Å². The predicted octanol–water partition coefficient (Wildman–Crippen LogP) is 8.10. The smallest absolute Gasteiger partial charge is 0.145 e. The maximum atomic E-state index is 6.36. The molecule has 4 heterocycles. The van der Waals surface area contributed by atoms with Crippen molar-refractivity contribution in [3.63, 3.8) is 0 Å². The van der Waals surface area contributed by atoms with Gasteiger partial charge in [-0.15, -0.1) is 0 Å². The number of pyridine rings is 4. The van der Waals surface area contributed by atoms with Crippen LogP contribution in [0.25, 0.3) is 43.6 Å². The molecule has 0 aliphatic rings. The average molecular weight is 745 g/mol. The number of ether oxygens (including phenoxy) is 4. The van der Waals surface area contributed by atoms with Crippen molar-refractivity contribution in [3.05, 3.63) is 146 Å². The van der Waals surface area contributed by atoms with Gasteiger partial charge in [-0.2, -0.15) is 0 Å². The van der Waals surface area contributed by atoms with Crippen LogP contribution in [0.5, 0.6) is 23.0 Å². The van der Waals surface area contributed by atoms with Gasteiger partial charge >= 0.3 is 0 Å². The van der Waals surface area contributed by atoms with Crippen LogP contribution in [-0.4, -0.2) is 95.4 Å². The summed E-state index contributed by atoms with van der Waals surface area (Å²) in [7, 11) is 0. The molecule has 0 bridgehead atoms. The zero-order chi connectivity index (χ0) is 37.8. The summed E-state index contributed by atoms with van der Waals surface area (Å²) >= 11 is 0. The first-order valence-electron chi connectivity index (χ1n) is 19.1. The van der Waals surface area contributed by atoms with Gasteiger partial charge in [0.25, 0.3) is 0 Å². The van der Waals surface area contributed by atoms with Crippen LogP contribution in [0, 0.1) is 0 Å². The zero-order valence-corrected chi connectivity index (χ0v) is 31.2. The van der Waals surface area contributed by atoms with E-state index in [4.69, 9.17) is 18.9 Å². The predicted molar refractivity (Wildman–Crippen MR) is 222 cm³/mol. The fraction of sp³-hybridized carbons (Fsp3) is 0.217. The standard InChI is InChI=1S/C46H44N6O4/c1-9-35-13-5-21-47-43(35)39(17-1)53-31-27-51(28-32-54-40-18-2-10-36-14-6-22-48-44(36)40)25-26-52(29-33-55-41-19-3-11-37-15-7-23-49-45(37)41)30-34-56-42-20-4-12-38-16-8-24-50-46(38)42/h1-24H,25-34H2. The Morgan fingerprint density at radius 3 is 0.821 bits per heavy atom. The molecule has 0 saturated carbocycles. The maximum Gasteiger partial charge on any atom is 0.145 e. The largest absolute Gasteiger partial charge is 0.490 e. The highest BCUT2D eigenvalue weighted by Gasteiger charge is 2.14. The van der Waals surface area contributed by atoms with Gasteiger partial charge in [0, 0.05) is 85.6 Å². The molecule has 0 saturated heterocycles. The van der Waals surface area contributed by atoms with Crippen LogP contribution >= 0.6 is 0 Å². The van der Waals surface area contributed by atoms with Gasteiger partial charge in [0.2, 0.25) is 0 Å². The third-order valence-electron chi connectivity index (χ3n) is 9.78. The minimum Gasteiger partial charge on any atom is -0.490 e. The number of hydrogen-bond donors (Lipinski definition) is 0. The topological polar surface area (TPSA) is 95.0 Å². The van der Waals surface area contributed by atoms with E-state index in [1.54, 1.807) is 24.8 Å². The van der Waals surface area contributed by atoms with Crippen LogP contribution in [-0.2, 0) is 0 Å². The van der Waals surface area contributed by atoms with E-state index in [1.807, 2.05) is 72.8 Å². The molecular weight excluding hydrogens is 701 g/mol. The van der Waals surface area contributed by atoms with E-state index in [9.17, 15) is 0 Å². The lowest BCUT2D eigenvalue weighted by Crippen LogP contribution is -2.41. The lowest BCUT2D eigenvalue weighted by molar-refractivity contribution is 0.135. The summed E-state index contributed by atoms with van der Waals surface area (Å²) in [4.78, 5) is 23.1. The molecular formula is C46H44N6O4. The highest BCUT2D eigenvalue weighted by atomic mass is 16.5. The zero-order valence-electron chi connectivity index (χ0n) is 31.2. The molecule has 56 heavy (non-hydrogen) atoms. The Labute approximate surface area is 326 Å². The quantitative estimate of drug-likeness (QED) is 0.0809. The van der Waals surface area contributed by atoms with Crippen LogP contribution in [0.15, 0.2) is 146 Å². The van der Waals surface area contributed by atoms with Crippen LogP contribution in [0.3, 0.4) is 0 Å². The minimum atomic E-state index is 0.500. The van der Waals surface area contributed by atoms with Gasteiger partial charge < -0.3 is 18.9 Å². The Morgan fingerprint density at radius 1 is 0.304 bits per heavy atom. The van der Waals surface area contributed by atoms with Crippen molar-refractivity contribution in [2.24, 2.45) is 0 Å². The van der Waals surface area contributed by atoms with Gasteiger partial charge in [0.15, 0.2) is 0 Å². The van der Waals surface area contributed by atoms with Crippen LogP contribution in [0.2, 0.25) is 0 Å². The van der Waals surface area contributed by atoms with Crippen LogP contribution in [0.4, 0.5) is 0 Å². The van der Waals surface area contributed by atoms with Crippen molar-refractivity contribution >= 4 is 43.6 Å². The van der Waals surface area contributed by atoms with Gasteiger partial charge in [-0.1, -0.05) is 72.8 Å². The highest BCUT2D eigenvalue weighted by Crippen LogP contribution is 2.26. The first-order chi connectivity index (χ1) is 27.8. The molecule has 282 valence electrons. The van der Waals surface area contributed by atoms with Crippen molar-refractivity contribution in [1.29, 1.82) is 0 Å². The number of fused-ring (bicyclic) bond motifs is 4. The number of para-hydroxylation sites is 4. The Kier molecular flexibility index (Phi) is 12.0. The maximum absolute atomic E-state index is 6.36. The molecule has 0 N–H and O–H groups in total. The third kappa shape index (κ3) is 9.11. The number of hydrogen-bond acceptors (Lipinski definition) is 10. The van der Waals surface area contributed by atoms with E-state index in [1.165, 1.54) is 0 Å². The van der Waals surface area contributed by atoms with Gasteiger partial charge in [-0.25, -0.2) is 0 Å². The van der Waals surface area contributed by atoms with E-state index in [0.717, 1.165) is 79.7 Å². The van der Waals surface area contributed by atoms with Crippen LogP contribution < -0.4 is 18.9 Å². The molecule has 0 spiro atoms. The fourth-order valence-corrected chi connectivity index (χ4v) is 6.86. The number of rotatable bonds is 19. The van der Waals surface area contributed by atoms with E-state index in [-0.39, 0.29) is 0 Å². The Morgan fingerprint density at radius 2 is 0.554 bits per heavy atom. The summed E-state index contributed by atoms with van der Waals surface area (Å²) < 4.78 is 25.4. The molecule has 0 radical (unpaired) electrons. The molecule has 8 rings (SSSR count). The second kappa shape index (κ2) is 18.3. The van der Waals surface area contributed by atoms with Crippen LogP contribution in [0.1, 0.15) is 0 Å². The van der Waals surface area contributed by atoms with Gasteiger partial charge in [0.05, 0.1) is 0 Å². The SMILES string of the molecule is c1cnc2c(OCCN(CCOc3cccc4cccnc34)CCN(CCOc3cccc4cccnc34)CCOc3cccc4cccnc34)cccc2c1. The molecule has 10 nitrogen and oxygen atoms in total. The monoisotopic (exact) mass is 744 g/mol. The Bertz CT molecular complexity index is 2150. The van der Waals surface area contributed by atoms with E-state index < -0.39 is 0 Å². The first kappa shape index (κ1) is 36.6. The summed E-state index contributed by atoms with van der Waals surface area (Å²) in [6.45, 7) is 6.35. The normalized spacial score (nSPS) is 11.5. The fourth-order valence-electron chi connectivity index (χ4n) is 6.86. The average Bonchev–Trinajstić information content (AvgIpc) is 3.25. The summed E-state index contributed by atoms with van der Waals surface area (Å²) in [6, 6.07) is 40.1. The second-order valence-electron chi connectivity index (χ2n) is 13.4. The van der Waals surface area contributed by atoms with Crippen molar-refractivity contribution in [1.82, 2.24) is 29.7 Å². The van der Waals surface area contributed by atoms with E-state index >= 15 is 0 Å². The highest BCUT2D eigenvalue weighted by molar-refractivity contribution is 5.86. The molecule has 0 aliphatic carbocycles. The molecule has 0 fully saturated rings. The third-order valence-corrected chi connectivity index (χ3v) is 9.78. The van der Waals surface area contributed by atoms with Gasteiger partial charge in [0.1, 0.15) is 71.5 Å². The molecule has 10 heteroatoms.